The van der Waals surface area contributed by atoms with E-state index < -0.39 is 17.8 Å². The third kappa shape index (κ3) is 4.58. The number of rotatable bonds is 5. The first-order valence-corrected chi connectivity index (χ1v) is 7.77. The lowest BCUT2D eigenvalue weighted by molar-refractivity contribution is -0.139. The molecule has 0 saturated carbocycles. The van der Waals surface area contributed by atoms with Gasteiger partial charge >= 0.3 is 5.97 Å². The maximum absolute atomic E-state index is 12.1. The minimum absolute atomic E-state index is 0.0162. The van der Waals surface area contributed by atoms with Gasteiger partial charge in [-0.1, -0.05) is 30.3 Å². The van der Waals surface area contributed by atoms with Crippen molar-refractivity contribution in [2.75, 3.05) is 6.54 Å². The summed E-state index contributed by atoms with van der Waals surface area (Å²) in [4.78, 5) is 36.4. The average Bonchev–Trinajstić information content (AvgIpc) is 2.55. The highest BCUT2D eigenvalue weighted by Gasteiger charge is 2.24. The fourth-order valence-electron chi connectivity index (χ4n) is 2.20. The summed E-state index contributed by atoms with van der Waals surface area (Å²) in [6, 6.07) is 4.45. The van der Waals surface area contributed by atoms with Gasteiger partial charge in [0.2, 0.25) is 0 Å². The van der Waals surface area contributed by atoms with Crippen molar-refractivity contribution in [3.63, 3.8) is 0 Å². The van der Waals surface area contributed by atoms with Crippen LogP contribution in [0.25, 0.3) is 6.08 Å². The van der Waals surface area contributed by atoms with Gasteiger partial charge in [-0.05, 0) is 37.1 Å². The molecule has 1 aliphatic heterocycles. The molecule has 6 nitrogen and oxygen atoms in total. The molecule has 1 aromatic rings. The van der Waals surface area contributed by atoms with E-state index in [1.54, 1.807) is 19.1 Å². The number of hydrogen-bond donors (Lipinski definition) is 1. The summed E-state index contributed by atoms with van der Waals surface area (Å²) in [6.07, 6.45) is 4.70. The predicted octanol–water partition coefficient (Wildman–Crippen LogP) is 3.19. The van der Waals surface area contributed by atoms with Crippen LogP contribution in [-0.4, -0.2) is 34.3 Å². The van der Waals surface area contributed by atoms with Crippen LogP contribution < -0.4 is 4.74 Å². The molecule has 0 radical (unpaired) electrons. The molecule has 1 N–H and O–H groups in total. The van der Waals surface area contributed by atoms with Gasteiger partial charge in [0.1, 0.15) is 16.3 Å². The van der Waals surface area contributed by atoms with Crippen LogP contribution in [0, 0.1) is 0 Å². The zero-order chi connectivity index (χ0) is 18.6. The number of imide groups is 1. The molecule has 1 aromatic carbocycles. The number of carbonyl (C=O) groups is 3. The summed E-state index contributed by atoms with van der Waals surface area (Å²) in [5.41, 5.74) is 0.420. The Bertz CT molecular complexity index is 810. The van der Waals surface area contributed by atoms with Gasteiger partial charge in [0, 0.05) is 12.6 Å². The summed E-state index contributed by atoms with van der Waals surface area (Å²) in [6.45, 7) is 5.43. The molecule has 0 aromatic heterocycles. The third-order valence-electron chi connectivity index (χ3n) is 3.33. The molecule has 7 heteroatoms. The summed E-state index contributed by atoms with van der Waals surface area (Å²) in [7, 11) is 0. The Balaban J connectivity index is 2.20. The molecule has 0 spiro atoms. The maximum atomic E-state index is 12.1. The van der Waals surface area contributed by atoms with Gasteiger partial charge < -0.3 is 9.84 Å². The van der Waals surface area contributed by atoms with E-state index in [4.69, 9.17) is 16.3 Å². The highest BCUT2D eigenvalue weighted by molar-refractivity contribution is 6.43. The van der Waals surface area contributed by atoms with Crippen LogP contribution in [-0.2, 0) is 9.59 Å². The second kappa shape index (κ2) is 7.81. The number of benzene rings is 1. The minimum Gasteiger partial charge on any atom is -0.478 e. The van der Waals surface area contributed by atoms with Gasteiger partial charge in [-0.2, -0.15) is 0 Å². The minimum atomic E-state index is -1.17. The molecule has 2 amide bonds. The first-order chi connectivity index (χ1) is 11.8. The first kappa shape index (κ1) is 18.5. The maximum Gasteiger partial charge on any atom is 0.339 e. The summed E-state index contributed by atoms with van der Waals surface area (Å²) in [5, 5.41) is 9.29. The number of nitrogens with zero attached hydrogens (tertiary/aromatic N) is 1. The number of hydrogen-bond acceptors (Lipinski definition) is 4. The zero-order valence-corrected chi connectivity index (χ0v) is 14.2. The van der Waals surface area contributed by atoms with Crippen LogP contribution in [0.3, 0.4) is 0 Å². The van der Waals surface area contributed by atoms with E-state index in [1.165, 1.54) is 24.3 Å². The molecule has 0 atom stereocenters. The van der Waals surface area contributed by atoms with Crippen molar-refractivity contribution in [3.05, 3.63) is 58.8 Å². The smallest absolute Gasteiger partial charge is 0.339 e. The van der Waals surface area contributed by atoms with Crippen LogP contribution in [0.4, 0.5) is 0 Å². The second-order valence-electron chi connectivity index (χ2n) is 5.33. The number of carboxylic acids is 1. The normalized spacial score (nSPS) is 14.4. The van der Waals surface area contributed by atoms with Crippen molar-refractivity contribution in [1.29, 1.82) is 0 Å². The largest absolute Gasteiger partial charge is 0.478 e. The van der Waals surface area contributed by atoms with E-state index >= 15 is 0 Å². The number of ether oxygens (including phenoxy) is 1. The summed E-state index contributed by atoms with van der Waals surface area (Å²) < 4.78 is 5.27. The summed E-state index contributed by atoms with van der Waals surface area (Å²) >= 11 is 5.74. The Morgan fingerprint density at radius 2 is 2.12 bits per heavy atom. The van der Waals surface area contributed by atoms with E-state index in [2.05, 4.69) is 6.58 Å². The van der Waals surface area contributed by atoms with Gasteiger partial charge in [-0.3, -0.25) is 14.5 Å². The Morgan fingerprint density at radius 3 is 2.76 bits per heavy atom. The molecule has 25 heavy (non-hydrogen) atoms. The first-order valence-electron chi connectivity index (χ1n) is 7.40. The monoisotopic (exact) mass is 361 g/mol. The lowest BCUT2D eigenvalue weighted by Gasteiger charge is -2.21. The van der Waals surface area contributed by atoms with Crippen molar-refractivity contribution in [1.82, 2.24) is 4.90 Å². The number of allylic oxidation sites excluding steroid dienone is 1. The highest BCUT2D eigenvalue weighted by Crippen LogP contribution is 2.23. The molecule has 0 saturated heterocycles. The average molecular weight is 362 g/mol. The zero-order valence-electron chi connectivity index (χ0n) is 13.5. The number of aromatic carboxylic acids is 1. The van der Waals surface area contributed by atoms with Crippen LogP contribution in [0.1, 0.15) is 29.3 Å². The summed E-state index contributed by atoms with van der Waals surface area (Å²) in [5.74, 6) is -1.71. The number of halogens is 1. The van der Waals surface area contributed by atoms with Crippen LogP contribution >= 0.6 is 11.6 Å². The quantitative estimate of drug-likeness (QED) is 0.643. The SMILES string of the molecule is C=C(C)Oc1ccc(/C=C/C(=O)N2CCC=C(Cl)C2=O)cc1C(=O)O. The lowest BCUT2D eigenvalue weighted by atomic mass is 10.1. The standard InChI is InChI=1S/C18H16ClNO5/c1-11(2)25-15-7-5-12(10-13(15)18(23)24)6-8-16(21)20-9-3-4-14(19)17(20)22/h4-8,10H,1,3,9H2,2H3,(H,23,24)/b8-6+. The fraction of sp³-hybridized carbons (Fsp3) is 0.167. The van der Waals surface area contributed by atoms with Gasteiger partial charge in [0.25, 0.3) is 11.8 Å². The van der Waals surface area contributed by atoms with E-state index in [-0.39, 0.29) is 22.9 Å². The van der Waals surface area contributed by atoms with Crippen molar-refractivity contribution >= 4 is 35.5 Å². The predicted molar refractivity (Wildman–Crippen MR) is 93.2 cm³/mol. The van der Waals surface area contributed by atoms with Gasteiger partial charge in [-0.15, -0.1) is 0 Å². The van der Waals surface area contributed by atoms with Crippen molar-refractivity contribution in [3.8, 4) is 5.75 Å². The highest BCUT2D eigenvalue weighted by atomic mass is 35.5. The molecule has 2 rings (SSSR count). The number of carboxylic acid groups (broad SMARTS) is 1. The van der Waals surface area contributed by atoms with Gasteiger partial charge in [0.05, 0.1) is 5.76 Å². The second-order valence-corrected chi connectivity index (χ2v) is 5.74. The molecular weight excluding hydrogens is 346 g/mol. The molecule has 0 bridgehead atoms. The van der Waals surface area contributed by atoms with Gasteiger partial charge in [0.15, 0.2) is 0 Å². The van der Waals surface area contributed by atoms with Crippen LogP contribution in [0.15, 0.2) is 47.7 Å². The lowest BCUT2D eigenvalue weighted by Crippen LogP contribution is -2.38. The Morgan fingerprint density at radius 1 is 1.40 bits per heavy atom. The van der Waals surface area contributed by atoms with E-state index in [1.807, 2.05) is 0 Å². The van der Waals surface area contributed by atoms with Gasteiger partial charge in [-0.25, -0.2) is 4.79 Å². The van der Waals surface area contributed by atoms with Crippen LogP contribution in [0.2, 0.25) is 0 Å². The van der Waals surface area contributed by atoms with Crippen molar-refractivity contribution in [2.24, 2.45) is 0 Å². The molecular formula is C18H16ClNO5. The Hall–Kier alpha value is -2.86. The molecule has 1 heterocycles. The Kier molecular flexibility index (Phi) is 5.77. The van der Waals surface area contributed by atoms with E-state index in [0.29, 0.717) is 17.7 Å². The topological polar surface area (TPSA) is 83.9 Å². The molecule has 1 aliphatic rings. The fourth-order valence-corrected chi connectivity index (χ4v) is 2.41. The van der Waals surface area contributed by atoms with Crippen molar-refractivity contribution in [2.45, 2.75) is 13.3 Å². The van der Waals surface area contributed by atoms with Crippen LogP contribution in [0.5, 0.6) is 5.75 Å². The van der Waals surface area contributed by atoms with Crippen molar-refractivity contribution < 1.29 is 24.2 Å². The number of carbonyl (C=O) groups excluding carboxylic acids is 2. The third-order valence-corrected chi connectivity index (χ3v) is 3.64. The Labute approximate surface area is 149 Å². The molecule has 0 aliphatic carbocycles. The van der Waals surface area contributed by atoms with E-state index in [9.17, 15) is 19.5 Å². The van der Waals surface area contributed by atoms with E-state index in [0.717, 1.165) is 4.90 Å². The molecule has 130 valence electrons. The molecule has 0 unspecified atom stereocenters. The molecule has 0 fully saturated rings. The number of amides is 2.